The SMILES string of the molecule is ClC1c2ccccc2CCC1Cc1ccc(Br)cn1. The van der Waals surface area contributed by atoms with Crippen LogP contribution in [0.25, 0.3) is 0 Å². The summed E-state index contributed by atoms with van der Waals surface area (Å²) >= 11 is 10.1. The molecule has 0 radical (unpaired) electrons. The van der Waals surface area contributed by atoms with Crippen molar-refractivity contribution in [3.8, 4) is 0 Å². The number of pyridine rings is 1. The molecular formula is C16H15BrClN. The zero-order valence-corrected chi connectivity index (χ0v) is 12.9. The predicted molar refractivity (Wildman–Crippen MR) is 82.5 cm³/mol. The second-order valence-electron chi connectivity index (χ2n) is 5.07. The molecule has 2 unspecified atom stereocenters. The zero-order chi connectivity index (χ0) is 13.2. The first-order valence-corrected chi connectivity index (χ1v) is 7.79. The highest BCUT2D eigenvalue weighted by atomic mass is 79.9. The maximum absolute atomic E-state index is 6.66. The van der Waals surface area contributed by atoms with Crippen LogP contribution in [0.2, 0.25) is 0 Å². The van der Waals surface area contributed by atoms with Crippen molar-refractivity contribution in [2.75, 3.05) is 0 Å². The highest BCUT2D eigenvalue weighted by molar-refractivity contribution is 9.10. The Kier molecular flexibility index (Phi) is 3.90. The summed E-state index contributed by atoms with van der Waals surface area (Å²) in [6.07, 6.45) is 5.08. The number of nitrogens with zero attached hydrogens (tertiary/aromatic N) is 1. The Morgan fingerprint density at radius 2 is 2.05 bits per heavy atom. The lowest BCUT2D eigenvalue weighted by Gasteiger charge is -2.29. The van der Waals surface area contributed by atoms with Gasteiger partial charge < -0.3 is 0 Å². The molecule has 1 aliphatic rings. The van der Waals surface area contributed by atoms with E-state index in [2.05, 4.69) is 51.2 Å². The van der Waals surface area contributed by atoms with E-state index in [1.165, 1.54) is 11.1 Å². The van der Waals surface area contributed by atoms with E-state index in [0.29, 0.717) is 5.92 Å². The quantitative estimate of drug-likeness (QED) is 0.709. The van der Waals surface area contributed by atoms with E-state index >= 15 is 0 Å². The molecule has 1 heterocycles. The van der Waals surface area contributed by atoms with E-state index in [-0.39, 0.29) is 5.38 Å². The lowest BCUT2D eigenvalue weighted by atomic mass is 9.81. The molecule has 1 aromatic heterocycles. The first-order chi connectivity index (χ1) is 9.24. The molecule has 19 heavy (non-hydrogen) atoms. The van der Waals surface area contributed by atoms with Gasteiger partial charge in [-0.3, -0.25) is 4.98 Å². The van der Waals surface area contributed by atoms with E-state index in [4.69, 9.17) is 11.6 Å². The number of hydrogen-bond donors (Lipinski definition) is 0. The topological polar surface area (TPSA) is 12.9 Å². The fourth-order valence-electron chi connectivity index (χ4n) is 2.77. The minimum Gasteiger partial charge on any atom is -0.260 e. The number of alkyl halides is 1. The molecule has 1 aliphatic carbocycles. The summed E-state index contributed by atoms with van der Waals surface area (Å²) in [5.74, 6) is 0.477. The van der Waals surface area contributed by atoms with E-state index in [1.54, 1.807) is 0 Å². The molecule has 0 N–H and O–H groups in total. The Morgan fingerprint density at radius 3 is 2.84 bits per heavy atom. The maximum Gasteiger partial charge on any atom is 0.0619 e. The Bertz CT molecular complexity index is 567. The molecule has 0 saturated heterocycles. The molecule has 0 amide bonds. The van der Waals surface area contributed by atoms with Crippen LogP contribution in [0.4, 0.5) is 0 Å². The van der Waals surface area contributed by atoms with Crippen LogP contribution in [0.3, 0.4) is 0 Å². The normalized spacial score (nSPS) is 22.0. The molecule has 2 atom stereocenters. The molecule has 0 fully saturated rings. The number of hydrogen-bond acceptors (Lipinski definition) is 1. The van der Waals surface area contributed by atoms with Crippen molar-refractivity contribution in [2.24, 2.45) is 5.92 Å². The second kappa shape index (κ2) is 5.64. The number of fused-ring (bicyclic) bond motifs is 1. The largest absolute Gasteiger partial charge is 0.260 e. The Hall–Kier alpha value is -0.860. The van der Waals surface area contributed by atoms with Crippen LogP contribution < -0.4 is 0 Å². The molecule has 1 nitrogen and oxygen atoms in total. The first kappa shape index (κ1) is 13.1. The summed E-state index contributed by atoms with van der Waals surface area (Å²) in [4.78, 5) is 4.46. The molecule has 0 saturated carbocycles. The lowest BCUT2D eigenvalue weighted by molar-refractivity contribution is 0.438. The molecule has 0 spiro atoms. The number of aromatic nitrogens is 1. The van der Waals surface area contributed by atoms with Crippen molar-refractivity contribution in [1.82, 2.24) is 4.98 Å². The highest BCUT2D eigenvalue weighted by Gasteiger charge is 2.27. The lowest BCUT2D eigenvalue weighted by Crippen LogP contribution is -2.19. The number of rotatable bonds is 2. The molecule has 3 heteroatoms. The van der Waals surface area contributed by atoms with Gasteiger partial charge in [0, 0.05) is 16.4 Å². The number of benzene rings is 1. The predicted octanol–water partition coefficient (Wildman–Crippen LogP) is 4.93. The van der Waals surface area contributed by atoms with Crippen LogP contribution >= 0.6 is 27.5 Å². The average molecular weight is 337 g/mol. The Labute approximate surface area is 127 Å². The van der Waals surface area contributed by atoms with Gasteiger partial charge in [-0.2, -0.15) is 0 Å². The summed E-state index contributed by atoms with van der Waals surface area (Å²) < 4.78 is 1.02. The molecule has 2 aromatic rings. The molecule has 0 bridgehead atoms. The zero-order valence-electron chi connectivity index (χ0n) is 10.5. The van der Waals surface area contributed by atoms with Crippen molar-refractivity contribution in [3.63, 3.8) is 0 Å². The fourth-order valence-corrected chi connectivity index (χ4v) is 3.44. The van der Waals surface area contributed by atoms with Crippen LogP contribution in [0.1, 0.15) is 28.6 Å². The second-order valence-corrected chi connectivity index (χ2v) is 6.46. The van der Waals surface area contributed by atoms with Gasteiger partial charge in [0.2, 0.25) is 0 Å². The van der Waals surface area contributed by atoms with Crippen molar-refractivity contribution in [3.05, 3.63) is 63.9 Å². The van der Waals surface area contributed by atoms with Gasteiger partial charge in [-0.25, -0.2) is 0 Å². The Balaban J connectivity index is 1.79. The van der Waals surface area contributed by atoms with Crippen molar-refractivity contribution >= 4 is 27.5 Å². The maximum atomic E-state index is 6.66. The number of halogens is 2. The summed E-state index contributed by atoms with van der Waals surface area (Å²) in [5.41, 5.74) is 3.83. The monoisotopic (exact) mass is 335 g/mol. The van der Waals surface area contributed by atoms with Gasteiger partial charge in [0.1, 0.15) is 0 Å². The van der Waals surface area contributed by atoms with Gasteiger partial charge in [0.25, 0.3) is 0 Å². The van der Waals surface area contributed by atoms with Crippen molar-refractivity contribution < 1.29 is 0 Å². The highest BCUT2D eigenvalue weighted by Crippen LogP contribution is 2.40. The van der Waals surface area contributed by atoms with Gasteiger partial charge in [0.05, 0.1) is 5.38 Å². The van der Waals surface area contributed by atoms with Crippen molar-refractivity contribution in [1.29, 1.82) is 0 Å². The van der Waals surface area contributed by atoms with Crippen LogP contribution in [0, 0.1) is 5.92 Å². The standard InChI is InChI=1S/C16H15BrClN/c17-13-7-8-14(19-10-13)9-12-6-5-11-3-1-2-4-15(11)16(12)18/h1-4,7-8,10,12,16H,5-6,9H2. The van der Waals surface area contributed by atoms with Gasteiger partial charge in [-0.05, 0) is 64.4 Å². The van der Waals surface area contributed by atoms with Crippen LogP contribution in [0.15, 0.2) is 47.1 Å². The Morgan fingerprint density at radius 1 is 1.21 bits per heavy atom. The molecular weight excluding hydrogens is 322 g/mol. The first-order valence-electron chi connectivity index (χ1n) is 6.56. The fraction of sp³-hybridized carbons (Fsp3) is 0.312. The summed E-state index contributed by atoms with van der Waals surface area (Å²) in [6.45, 7) is 0. The van der Waals surface area contributed by atoms with Crippen molar-refractivity contribution in [2.45, 2.75) is 24.6 Å². The van der Waals surface area contributed by atoms with Crippen LogP contribution in [-0.2, 0) is 12.8 Å². The molecule has 0 aliphatic heterocycles. The minimum absolute atomic E-state index is 0.107. The van der Waals surface area contributed by atoms with E-state index in [1.807, 2.05) is 12.3 Å². The molecule has 98 valence electrons. The van der Waals surface area contributed by atoms with Gasteiger partial charge >= 0.3 is 0 Å². The van der Waals surface area contributed by atoms with Gasteiger partial charge in [0.15, 0.2) is 0 Å². The summed E-state index contributed by atoms with van der Waals surface area (Å²) in [7, 11) is 0. The van der Waals surface area contributed by atoms with E-state index in [0.717, 1.165) is 29.4 Å². The third-order valence-corrected chi connectivity index (χ3v) is 4.87. The van der Waals surface area contributed by atoms with Crippen LogP contribution in [0.5, 0.6) is 0 Å². The molecule has 3 rings (SSSR count). The number of aryl methyl sites for hydroxylation is 1. The van der Waals surface area contributed by atoms with Crippen LogP contribution in [-0.4, -0.2) is 4.98 Å². The molecule has 1 aromatic carbocycles. The minimum atomic E-state index is 0.107. The summed E-state index contributed by atoms with van der Waals surface area (Å²) in [5, 5.41) is 0.107. The summed E-state index contributed by atoms with van der Waals surface area (Å²) in [6, 6.07) is 12.6. The van der Waals surface area contributed by atoms with E-state index < -0.39 is 0 Å². The third-order valence-electron chi connectivity index (χ3n) is 3.81. The van der Waals surface area contributed by atoms with Gasteiger partial charge in [-0.15, -0.1) is 11.6 Å². The van der Waals surface area contributed by atoms with Gasteiger partial charge in [-0.1, -0.05) is 24.3 Å². The smallest absolute Gasteiger partial charge is 0.0619 e. The average Bonchev–Trinajstić information content (AvgIpc) is 2.45. The third kappa shape index (κ3) is 2.85. The van der Waals surface area contributed by atoms with E-state index in [9.17, 15) is 0 Å².